The first-order valence-electron chi connectivity index (χ1n) is 9.01. The van der Waals surface area contributed by atoms with E-state index in [-0.39, 0.29) is 29.7 Å². The van der Waals surface area contributed by atoms with Crippen molar-refractivity contribution < 1.29 is 19.1 Å². The van der Waals surface area contributed by atoms with Gasteiger partial charge >= 0.3 is 5.97 Å². The van der Waals surface area contributed by atoms with E-state index >= 15 is 0 Å². The van der Waals surface area contributed by atoms with Crippen LogP contribution in [0.5, 0.6) is 0 Å². The number of benzene rings is 2. The SMILES string of the molecule is COC(=O)c1ccccc1NC(=O)CSc1n[nH]c(CNC(=O)c2ccc(Cl)cc2)n1. The van der Waals surface area contributed by atoms with Gasteiger partial charge in [0.25, 0.3) is 5.91 Å². The van der Waals surface area contributed by atoms with E-state index in [1.807, 2.05) is 0 Å². The smallest absolute Gasteiger partial charge is 0.339 e. The number of carbonyl (C=O) groups is 3. The van der Waals surface area contributed by atoms with Crippen molar-refractivity contribution in [2.45, 2.75) is 11.7 Å². The number of hydrogen-bond acceptors (Lipinski definition) is 7. The molecule has 0 atom stereocenters. The molecule has 0 aliphatic carbocycles. The highest BCUT2D eigenvalue weighted by Crippen LogP contribution is 2.18. The summed E-state index contributed by atoms with van der Waals surface area (Å²) in [6, 6.07) is 13.1. The maximum absolute atomic E-state index is 12.2. The second kappa shape index (κ2) is 10.6. The van der Waals surface area contributed by atoms with Crippen molar-refractivity contribution in [3.05, 3.63) is 70.5 Å². The highest BCUT2D eigenvalue weighted by molar-refractivity contribution is 7.99. The lowest BCUT2D eigenvalue weighted by atomic mass is 10.2. The fraction of sp³-hybridized carbons (Fsp3) is 0.150. The predicted molar refractivity (Wildman–Crippen MR) is 116 cm³/mol. The van der Waals surface area contributed by atoms with Crippen LogP contribution in [0.2, 0.25) is 5.02 Å². The molecule has 2 amide bonds. The van der Waals surface area contributed by atoms with Crippen LogP contribution in [0.15, 0.2) is 53.7 Å². The van der Waals surface area contributed by atoms with Gasteiger partial charge in [-0.3, -0.25) is 14.7 Å². The van der Waals surface area contributed by atoms with E-state index < -0.39 is 5.97 Å². The Morgan fingerprint density at radius 3 is 2.61 bits per heavy atom. The summed E-state index contributed by atoms with van der Waals surface area (Å²) in [4.78, 5) is 40.4. The van der Waals surface area contributed by atoms with Crippen LogP contribution in [0.25, 0.3) is 0 Å². The van der Waals surface area contributed by atoms with Crippen molar-refractivity contribution in [3.8, 4) is 0 Å². The molecule has 0 bridgehead atoms. The van der Waals surface area contributed by atoms with Gasteiger partial charge in [-0.25, -0.2) is 9.78 Å². The third kappa shape index (κ3) is 6.30. The second-order valence-electron chi connectivity index (χ2n) is 6.13. The molecule has 0 spiro atoms. The van der Waals surface area contributed by atoms with Gasteiger partial charge in [0.2, 0.25) is 11.1 Å². The highest BCUT2D eigenvalue weighted by atomic mass is 35.5. The van der Waals surface area contributed by atoms with Gasteiger partial charge < -0.3 is 15.4 Å². The number of rotatable bonds is 8. The molecule has 2 aromatic carbocycles. The lowest BCUT2D eigenvalue weighted by Crippen LogP contribution is -2.23. The van der Waals surface area contributed by atoms with E-state index in [1.54, 1.807) is 48.5 Å². The number of nitrogens with zero attached hydrogens (tertiary/aromatic N) is 2. The van der Waals surface area contributed by atoms with Crippen LogP contribution in [0.4, 0.5) is 5.69 Å². The number of esters is 1. The molecule has 9 nitrogen and oxygen atoms in total. The Balaban J connectivity index is 1.49. The summed E-state index contributed by atoms with van der Waals surface area (Å²) in [6.45, 7) is 0.147. The van der Waals surface area contributed by atoms with Gasteiger partial charge in [0, 0.05) is 10.6 Å². The van der Waals surface area contributed by atoms with Gasteiger partial charge in [-0.2, -0.15) is 0 Å². The summed E-state index contributed by atoms with van der Waals surface area (Å²) in [7, 11) is 1.27. The molecule has 11 heteroatoms. The highest BCUT2D eigenvalue weighted by Gasteiger charge is 2.14. The fourth-order valence-electron chi connectivity index (χ4n) is 2.49. The number of nitrogens with one attached hydrogen (secondary N) is 3. The number of hydrogen-bond donors (Lipinski definition) is 3. The molecule has 0 radical (unpaired) electrons. The number of methoxy groups -OCH3 is 1. The number of halogens is 1. The molecule has 160 valence electrons. The van der Waals surface area contributed by atoms with Crippen molar-refractivity contribution in [2.75, 3.05) is 18.2 Å². The minimum Gasteiger partial charge on any atom is -0.465 e. The van der Waals surface area contributed by atoms with Crippen molar-refractivity contribution in [1.29, 1.82) is 0 Å². The molecule has 0 aliphatic heterocycles. The first kappa shape index (κ1) is 22.3. The number of aromatic nitrogens is 3. The zero-order valence-electron chi connectivity index (χ0n) is 16.3. The van der Waals surface area contributed by atoms with Crippen LogP contribution in [0, 0.1) is 0 Å². The van der Waals surface area contributed by atoms with Crippen LogP contribution in [0.3, 0.4) is 0 Å². The van der Waals surface area contributed by atoms with Gasteiger partial charge in [0.05, 0.1) is 30.7 Å². The Labute approximate surface area is 186 Å². The van der Waals surface area contributed by atoms with Crippen molar-refractivity contribution >= 4 is 46.8 Å². The Morgan fingerprint density at radius 2 is 1.87 bits per heavy atom. The van der Waals surface area contributed by atoms with Crippen LogP contribution >= 0.6 is 23.4 Å². The fourth-order valence-corrected chi connectivity index (χ4v) is 3.23. The van der Waals surface area contributed by atoms with Crippen molar-refractivity contribution in [3.63, 3.8) is 0 Å². The van der Waals surface area contributed by atoms with Crippen LogP contribution in [-0.2, 0) is 16.1 Å². The lowest BCUT2D eigenvalue weighted by molar-refractivity contribution is -0.113. The van der Waals surface area contributed by atoms with Gasteiger partial charge in [0.1, 0.15) is 5.82 Å². The lowest BCUT2D eigenvalue weighted by Gasteiger charge is -2.08. The molecule has 3 aromatic rings. The van der Waals surface area contributed by atoms with Gasteiger partial charge in [0.15, 0.2) is 0 Å². The van der Waals surface area contributed by atoms with E-state index in [0.29, 0.717) is 27.3 Å². The predicted octanol–water partition coefficient (Wildman–Crippen LogP) is 2.91. The first-order valence-corrected chi connectivity index (χ1v) is 10.4. The summed E-state index contributed by atoms with van der Waals surface area (Å²) in [5, 5.41) is 13.0. The number of ether oxygens (including phenoxy) is 1. The van der Waals surface area contributed by atoms with E-state index in [9.17, 15) is 14.4 Å². The van der Waals surface area contributed by atoms with Gasteiger partial charge in [-0.15, -0.1) is 5.10 Å². The third-order valence-corrected chi connectivity index (χ3v) is 5.07. The summed E-state index contributed by atoms with van der Waals surface area (Å²) in [6.07, 6.45) is 0. The van der Waals surface area contributed by atoms with Crippen LogP contribution < -0.4 is 10.6 Å². The maximum atomic E-state index is 12.2. The summed E-state index contributed by atoms with van der Waals surface area (Å²) >= 11 is 6.92. The number of anilines is 1. The molecule has 0 saturated carbocycles. The van der Waals surface area contributed by atoms with E-state index in [4.69, 9.17) is 16.3 Å². The zero-order valence-corrected chi connectivity index (χ0v) is 17.9. The standard InChI is InChI=1S/C20H18ClN5O4S/c1-30-19(29)14-4-2-3-5-15(14)23-17(27)11-31-20-24-16(25-26-20)10-22-18(28)12-6-8-13(21)9-7-12/h2-9H,10-11H2,1H3,(H,22,28)(H,23,27)(H,24,25,26). The number of H-pyrrole nitrogens is 1. The van der Waals surface area contributed by atoms with Gasteiger partial charge in [-0.05, 0) is 36.4 Å². The molecule has 0 fully saturated rings. The van der Waals surface area contributed by atoms with Crippen molar-refractivity contribution in [2.24, 2.45) is 0 Å². The number of thioether (sulfide) groups is 1. The van der Waals surface area contributed by atoms with E-state index in [2.05, 4.69) is 25.8 Å². The molecule has 3 N–H and O–H groups in total. The molecular formula is C20H18ClN5O4S. The molecule has 0 saturated heterocycles. The quantitative estimate of drug-likeness (QED) is 0.349. The molecule has 3 rings (SSSR count). The monoisotopic (exact) mass is 459 g/mol. The Bertz CT molecular complexity index is 1090. The van der Waals surface area contributed by atoms with E-state index in [1.165, 1.54) is 7.11 Å². The average molecular weight is 460 g/mol. The minimum atomic E-state index is -0.539. The van der Waals surface area contributed by atoms with Crippen LogP contribution in [0.1, 0.15) is 26.5 Å². The minimum absolute atomic E-state index is 0.0317. The number of amides is 2. The molecule has 1 heterocycles. The average Bonchev–Trinajstić information content (AvgIpc) is 3.24. The molecular weight excluding hydrogens is 442 g/mol. The topological polar surface area (TPSA) is 126 Å². The van der Waals surface area contributed by atoms with Crippen LogP contribution in [-0.4, -0.2) is 45.8 Å². The van der Waals surface area contributed by atoms with Crippen molar-refractivity contribution in [1.82, 2.24) is 20.5 Å². The number of para-hydroxylation sites is 1. The largest absolute Gasteiger partial charge is 0.465 e. The maximum Gasteiger partial charge on any atom is 0.339 e. The Morgan fingerprint density at radius 1 is 1.13 bits per heavy atom. The third-order valence-electron chi connectivity index (χ3n) is 3.97. The van der Waals surface area contributed by atoms with E-state index in [0.717, 1.165) is 11.8 Å². The normalized spacial score (nSPS) is 10.4. The number of carbonyl (C=O) groups excluding carboxylic acids is 3. The van der Waals surface area contributed by atoms with Gasteiger partial charge in [-0.1, -0.05) is 35.5 Å². The zero-order chi connectivity index (χ0) is 22.2. The summed E-state index contributed by atoms with van der Waals surface area (Å²) in [5.74, 6) is -0.664. The Kier molecular flexibility index (Phi) is 7.63. The second-order valence-corrected chi connectivity index (χ2v) is 7.51. The summed E-state index contributed by atoms with van der Waals surface area (Å²) < 4.78 is 4.71. The summed E-state index contributed by atoms with van der Waals surface area (Å²) in [5.41, 5.74) is 1.10. The number of aromatic amines is 1. The first-order chi connectivity index (χ1) is 15.0. The molecule has 0 unspecified atom stereocenters. The molecule has 31 heavy (non-hydrogen) atoms. The molecule has 0 aliphatic rings. The Hall–Kier alpha value is -3.37. The molecule has 1 aromatic heterocycles.